The SMILES string of the molecule is Cc1ccccc1CCc1nc(N)nc2ccccc12. The quantitative estimate of drug-likeness (QED) is 0.788. The summed E-state index contributed by atoms with van der Waals surface area (Å²) in [4.78, 5) is 8.69. The summed E-state index contributed by atoms with van der Waals surface area (Å²) in [5, 5.41) is 1.09. The maximum atomic E-state index is 5.80. The standard InChI is InChI=1S/C17H17N3/c1-12-6-2-3-7-13(12)10-11-16-14-8-4-5-9-15(14)19-17(18)20-16/h2-9H,10-11H2,1H3,(H2,18,19,20). The Labute approximate surface area is 118 Å². The number of hydrogen-bond donors (Lipinski definition) is 1. The van der Waals surface area contributed by atoms with Crippen molar-refractivity contribution in [3.63, 3.8) is 0 Å². The van der Waals surface area contributed by atoms with Gasteiger partial charge in [0, 0.05) is 5.39 Å². The molecule has 3 nitrogen and oxygen atoms in total. The van der Waals surface area contributed by atoms with Gasteiger partial charge in [0.1, 0.15) is 0 Å². The van der Waals surface area contributed by atoms with E-state index < -0.39 is 0 Å². The zero-order valence-corrected chi connectivity index (χ0v) is 11.5. The molecule has 0 radical (unpaired) electrons. The minimum absolute atomic E-state index is 0.350. The minimum atomic E-state index is 0.350. The number of hydrogen-bond acceptors (Lipinski definition) is 3. The third kappa shape index (κ3) is 2.48. The smallest absolute Gasteiger partial charge is 0.220 e. The molecule has 0 saturated carbocycles. The van der Waals surface area contributed by atoms with Crippen molar-refractivity contribution in [3.05, 3.63) is 65.4 Å². The van der Waals surface area contributed by atoms with Crippen molar-refractivity contribution >= 4 is 16.9 Å². The highest BCUT2D eigenvalue weighted by Gasteiger charge is 2.06. The highest BCUT2D eigenvalue weighted by Crippen LogP contribution is 2.19. The molecule has 0 amide bonds. The average molecular weight is 263 g/mol. The zero-order chi connectivity index (χ0) is 13.9. The monoisotopic (exact) mass is 263 g/mol. The molecular formula is C17H17N3. The summed E-state index contributed by atoms with van der Waals surface area (Å²) in [6.45, 7) is 2.14. The Bertz CT molecular complexity index is 750. The summed E-state index contributed by atoms with van der Waals surface area (Å²) in [6.07, 6.45) is 1.84. The molecule has 0 unspecified atom stereocenters. The van der Waals surface area contributed by atoms with Gasteiger partial charge in [0.25, 0.3) is 0 Å². The molecule has 0 atom stereocenters. The Hall–Kier alpha value is -2.42. The van der Waals surface area contributed by atoms with E-state index >= 15 is 0 Å². The number of aryl methyl sites for hydroxylation is 3. The molecule has 0 aliphatic rings. The molecule has 0 bridgehead atoms. The van der Waals surface area contributed by atoms with E-state index in [2.05, 4.69) is 47.2 Å². The number of benzene rings is 2. The Morgan fingerprint density at radius 1 is 0.900 bits per heavy atom. The van der Waals surface area contributed by atoms with Crippen molar-refractivity contribution < 1.29 is 0 Å². The van der Waals surface area contributed by atoms with Crippen molar-refractivity contribution in [2.45, 2.75) is 19.8 Å². The molecule has 3 rings (SSSR count). The summed E-state index contributed by atoms with van der Waals surface area (Å²) >= 11 is 0. The van der Waals surface area contributed by atoms with Gasteiger partial charge in [0.2, 0.25) is 5.95 Å². The van der Waals surface area contributed by atoms with Crippen LogP contribution < -0.4 is 5.73 Å². The fraction of sp³-hybridized carbons (Fsp3) is 0.176. The Morgan fingerprint density at radius 2 is 1.65 bits per heavy atom. The first-order chi connectivity index (χ1) is 9.74. The van der Waals surface area contributed by atoms with Gasteiger partial charge in [-0.2, -0.15) is 0 Å². The molecule has 0 fully saturated rings. The largest absolute Gasteiger partial charge is 0.368 e. The molecule has 3 aromatic rings. The van der Waals surface area contributed by atoms with Gasteiger partial charge in [-0.05, 0) is 37.0 Å². The highest BCUT2D eigenvalue weighted by molar-refractivity contribution is 5.81. The van der Waals surface area contributed by atoms with Gasteiger partial charge in [0.05, 0.1) is 11.2 Å². The molecule has 2 aromatic carbocycles. The lowest BCUT2D eigenvalue weighted by Gasteiger charge is -2.08. The summed E-state index contributed by atoms with van der Waals surface area (Å²) in [7, 11) is 0. The van der Waals surface area contributed by atoms with E-state index in [9.17, 15) is 0 Å². The van der Waals surface area contributed by atoms with E-state index in [0.717, 1.165) is 29.4 Å². The van der Waals surface area contributed by atoms with Crippen LogP contribution in [0.25, 0.3) is 10.9 Å². The topological polar surface area (TPSA) is 51.8 Å². The average Bonchev–Trinajstić information content (AvgIpc) is 2.46. The first-order valence-electron chi connectivity index (χ1n) is 6.79. The summed E-state index contributed by atoms with van der Waals surface area (Å²) < 4.78 is 0. The molecular weight excluding hydrogens is 246 g/mol. The van der Waals surface area contributed by atoms with Gasteiger partial charge in [0.15, 0.2) is 0 Å². The first-order valence-corrected chi connectivity index (χ1v) is 6.79. The van der Waals surface area contributed by atoms with Gasteiger partial charge in [-0.1, -0.05) is 42.5 Å². The molecule has 3 heteroatoms. The Morgan fingerprint density at radius 3 is 2.50 bits per heavy atom. The van der Waals surface area contributed by atoms with Crippen molar-refractivity contribution in [2.24, 2.45) is 0 Å². The number of nitrogens with zero attached hydrogens (tertiary/aromatic N) is 2. The van der Waals surface area contributed by atoms with E-state index in [0.29, 0.717) is 5.95 Å². The first kappa shape index (κ1) is 12.6. The van der Waals surface area contributed by atoms with Gasteiger partial charge in [-0.25, -0.2) is 9.97 Å². The highest BCUT2D eigenvalue weighted by atomic mass is 15.0. The Balaban J connectivity index is 1.93. The normalized spacial score (nSPS) is 10.8. The van der Waals surface area contributed by atoms with E-state index in [-0.39, 0.29) is 0 Å². The van der Waals surface area contributed by atoms with Crippen LogP contribution in [0, 0.1) is 6.92 Å². The maximum absolute atomic E-state index is 5.80. The van der Waals surface area contributed by atoms with Crippen LogP contribution in [0.5, 0.6) is 0 Å². The van der Waals surface area contributed by atoms with Crippen molar-refractivity contribution in [2.75, 3.05) is 5.73 Å². The minimum Gasteiger partial charge on any atom is -0.368 e. The number of fused-ring (bicyclic) bond motifs is 1. The van der Waals surface area contributed by atoms with Crippen molar-refractivity contribution in [3.8, 4) is 0 Å². The van der Waals surface area contributed by atoms with E-state index in [4.69, 9.17) is 5.73 Å². The van der Waals surface area contributed by atoms with E-state index in [1.54, 1.807) is 0 Å². The molecule has 1 heterocycles. The fourth-order valence-electron chi connectivity index (χ4n) is 2.50. The van der Waals surface area contributed by atoms with Crippen LogP contribution in [0.15, 0.2) is 48.5 Å². The maximum Gasteiger partial charge on any atom is 0.220 e. The van der Waals surface area contributed by atoms with Gasteiger partial charge >= 0.3 is 0 Å². The lowest BCUT2D eigenvalue weighted by molar-refractivity contribution is 0.913. The molecule has 0 spiro atoms. The Kier molecular flexibility index (Phi) is 3.33. The van der Waals surface area contributed by atoms with Crippen LogP contribution in [0.2, 0.25) is 0 Å². The van der Waals surface area contributed by atoms with Crippen LogP contribution in [-0.4, -0.2) is 9.97 Å². The third-order valence-electron chi connectivity index (χ3n) is 3.59. The molecule has 0 aliphatic carbocycles. The predicted molar refractivity (Wildman–Crippen MR) is 82.5 cm³/mol. The van der Waals surface area contributed by atoms with Crippen LogP contribution in [0.1, 0.15) is 16.8 Å². The number of nitrogens with two attached hydrogens (primary N) is 1. The molecule has 1 aromatic heterocycles. The third-order valence-corrected chi connectivity index (χ3v) is 3.59. The second-order valence-electron chi connectivity index (χ2n) is 4.97. The van der Waals surface area contributed by atoms with Gasteiger partial charge in [-0.3, -0.25) is 0 Å². The lowest BCUT2D eigenvalue weighted by Crippen LogP contribution is -2.03. The molecule has 100 valence electrons. The van der Waals surface area contributed by atoms with Crippen LogP contribution in [0.4, 0.5) is 5.95 Å². The van der Waals surface area contributed by atoms with Crippen molar-refractivity contribution in [1.29, 1.82) is 0 Å². The summed E-state index contributed by atoms with van der Waals surface area (Å²) in [5.74, 6) is 0.350. The summed E-state index contributed by atoms with van der Waals surface area (Å²) in [5.41, 5.74) is 10.4. The molecule has 20 heavy (non-hydrogen) atoms. The fourth-order valence-corrected chi connectivity index (χ4v) is 2.50. The second kappa shape index (κ2) is 5.29. The van der Waals surface area contributed by atoms with Crippen LogP contribution >= 0.6 is 0 Å². The number of nitrogen functional groups attached to an aromatic ring is 1. The summed E-state index contributed by atoms with van der Waals surface area (Å²) in [6, 6.07) is 16.5. The number of para-hydroxylation sites is 1. The van der Waals surface area contributed by atoms with Gasteiger partial charge < -0.3 is 5.73 Å². The predicted octanol–water partition coefficient (Wildman–Crippen LogP) is 3.31. The number of anilines is 1. The number of rotatable bonds is 3. The number of aromatic nitrogens is 2. The zero-order valence-electron chi connectivity index (χ0n) is 11.5. The second-order valence-corrected chi connectivity index (χ2v) is 4.97. The van der Waals surface area contributed by atoms with E-state index in [1.165, 1.54) is 11.1 Å². The van der Waals surface area contributed by atoms with E-state index in [1.807, 2.05) is 18.2 Å². The molecule has 2 N–H and O–H groups in total. The van der Waals surface area contributed by atoms with Crippen molar-refractivity contribution in [1.82, 2.24) is 9.97 Å². The van der Waals surface area contributed by atoms with Crippen LogP contribution in [0.3, 0.4) is 0 Å². The molecule has 0 aliphatic heterocycles. The lowest BCUT2D eigenvalue weighted by atomic mass is 10.0. The van der Waals surface area contributed by atoms with Gasteiger partial charge in [-0.15, -0.1) is 0 Å². The molecule has 0 saturated heterocycles. The van der Waals surface area contributed by atoms with Crippen LogP contribution in [-0.2, 0) is 12.8 Å².